The average molecular weight is 646 g/mol. The molecule has 3 heterocycles. The van der Waals surface area contributed by atoms with Crippen LogP contribution in [0.2, 0.25) is 5.02 Å². The number of aromatic nitrogens is 1. The number of benzene rings is 3. The van der Waals surface area contributed by atoms with Crippen molar-refractivity contribution in [3.8, 4) is 5.75 Å². The van der Waals surface area contributed by atoms with Crippen molar-refractivity contribution in [2.24, 2.45) is 29.6 Å². The van der Waals surface area contributed by atoms with Crippen LogP contribution in [0.1, 0.15) is 28.3 Å². The van der Waals surface area contributed by atoms with Crippen molar-refractivity contribution in [3.05, 3.63) is 114 Å². The zero-order valence-corrected chi connectivity index (χ0v) is 25.3. The van der Waals surface area contributed by atoms with Gasteiger partial charge in [0.15, 0.2) is 0 Å². The van der Waals surface area contributed by atoms with Gasteiger partial charge in [-0.1, -0.05) is 53.3 Å². The maximum atomic E-state index is 14.0. The molecule has 9 nitrogen and oxygen atoms in total. The molecule has 4 aliphatic rings. The Morgan fingerprint density at radius 2 is 1.70 bits per heavy atom. The van der Waals surface area contributed by atoms with E-state index in [0.717, 1.165) is 26.8 Å². The summed E-state index contributed by atoms with van der Waals surface area (Å²) in [5.41, 5.74) is 2.00. The van der Waals surface area contributed by atoms with E-state index in [4.69, 9.17) is 16.3 Å². The maximum Gasteiger partial charge on any atom is 0.305 e. The number of carbonyl (C=O) groups excluding carboxylic acids is 2. The predicted octanol–water partition coefficient (Wildman–Crippen LogP) is 6.25. The number of rotatable bonds is 6. The highest BCUT2D eigenvalue weighted by Crippen LogP contribution is 2.69. The smallest absolute Gasteiger partial charge is 0.305 e. The molecule has 2 amide bonds. The molecule has 0 spiro atoms. The van der Waals surface area contributed by atoms with Gasteiger partial charge in [-0.15, -0.1) is 11.8 Å². The topological polar surface area (TPSA) is 123 Å². The van der Waals surface area contributed by atoms with Crippen LogP contribution in [0.3, 0.4) is 0 Å². The minimum atomic E-state index is -0.503. The van der Waals surface area contributed by atoms with Crippen molar-refractivity contribution < 1.29 is 19.2 Å². The highest BCUT2D eigenvalue weighted by molar-refractivity contribution is 8.00. The van der Waals surface area contributed by atoms with Crippen molar-refractivity contribution in [2.45, 2.75) is 29.2 Å². The summed E-state index contributed by atoms with van der Waals surface area (Å²) in [6, 6.07) is 21.0. The van der Waals surface area contributed by atoms with Gasteiger partial charge in [-0.3, -0.25) is 29.4 Å². The van der Waals surface area contributed by atoms with Gasteiger partial charge in [0.2, 0.25) is 11.8 Å². The normalized spacial score (nSPS) is 28.1. The number of amides is 2. The fraction of sp³-hybridized carbons (Fsp3) is 0.281. The van der Waals surface area contributed by atoms with Crippen LogP contribution < -0.4 is 14.5 Å². The Labute approximate surface area is 264 Å². The Bertz CT molecular complexity index is 1890. The first-order valence-electron chi connectivity index (χ1n) is 14.3. The van der Waals surface area contributed by atoms with E-state index in [1.807, 2.05) is 30.3 Å². The summed E-state index contributed by atoms with van der Waals surface area (Å²) in [6.07, 6.45) is 0.703. The van der Waals surface area contributed by atoms with Crippen molar-refractivity contribution in [2.75, 3.05) is 4.90 Å². The summed E-state index contributed by atoms with van der Waals surface area (Å²) >= 11 is 8.75. The van der Waals surface area contributed by atoms with E-state index in [-0.39, 0.29) is 52.0 Å². The molecule has 2 bridgehead atoms. The van der Waals surface area contributed by atoms with E-state index in [1.54, 1.807) is 48.2 Å². The lowest BCUT2D eigenvalue weighted by Crippen LogP contribution is -2.42. The zero-order valence-electron chi connectivity index (χ0n) is 22.9. The van der Waals surface area contributed by atoms with Crippen LogP contribution in [0.25, 0.3) is 0 Å². The van der Waals surface area contributed by atoms with E-state index in [2.05, 4.69) is 4.98 Å². The molecule has 0 radical (unpaired) electrons. The minimum Gasteiger partial charge on any atom is -0.489 e. The third-order valence-electron chi connectivity index (χ3n) is 9.59. The van der Waals surface area contributed by atoms with Crippen LogP contribution in [0.15, 0.2) is 82.6 Å². The molecule has 2 saturated carbocycles. The first-order valence-corrected chi connectivity index (χ1v) is 16.4. The first-order chi connectivity index (χ1) is 21.3. The molecular formula is C32H24ClN3O6S2. The quantitative estimate of drug-likeness (QED) is 0.149. The second-order valence-electron chi connectivity index (χ2n) is 11.7. The van der Waals surface area contributed by atoms with E-state index in [1.165, 1.54) is 11.0 Å². The fourth-order valence-corrected chi connectivity index (χ4v) is 11.0. The summed E-state index contributed by atoms with van der Waals surface area (Å²) in [7, 11) is 0. The second-order valence-corrected chi connectivity index (χ2v) is 14.3. The zero-order chi connectivity index (χ0) is 30.3. The molecule has 44 heavy (non-hydrogen) atoms. The lowest BCUT2D eigenvalue weighted by Gasteiger charge is -2.43. The lowest BCUT2D eigenvalue weighted by atomic mass is 9.68. The summed E-state index contributed by atoms with van der Waals surface area (Å²) in [5, 5.41) is 13.1. The average Bonchev–Trinajstić information content (AvgIpc) is 3.76. The van der Waals surface area contributed by atoms with Crippen LogP contribution in [0.5, 0.6) is 5.75 Å². The summed E-state index contributed by atoms with van der Waals surface area (Å²) < 4.78 is 6.32. The number of imide groups is 1. The van der Waals surface area contributed by atoms with Crippen LogP contribution in [-0.4, -0.2) is 27.0 Å². The fourth-order valence-electron chi connectivity index (χ4n) is 7.97. The number of nitro groups is 1. The Balaban J connectivity index is 1.23. The predicted molar refractivity (Wildman–Crippen MR) is 166 cm³/mol. The van der Waals surface area contributed by atoms with Gasteiger partial charge >= 0.3 is 4.87 Å². The van der Waals surface area contributed by atoms with E-state index in [0.29, 0.717) is 28.4 Å². The van der Waals surface area contributed by atoms with E-state index >= 15 is 0 Å². The van der Waals surface area contributed by atoms with Crippen molar-refractivity contribution in [3.63, 3.8) is 0 Å². The third-order valence-corrected chi connectivity index (χ3v) is 12.4. The SMILES string of the molecule is O=C1C2C(C(=O)N1c1ccc(Cl)cc1)[C@@H]1C[C@H]2C2Sc3[nH]c(=O)sc3C(c3cc([N+](=O)[O-])ccc3OCc3ccccc3)C21. The number of nitrogens with zero attached hydrogens (tertiary/aromatic N) is 2. The van der Waals surface area contributed by atoms with Crippen molar-refractivity contribution in [1.29, 1.82) is 0 Å². The Kier molecular flexibility index (Phi) is 6.48. The molecule has 2 aliphatic carbocycles. The van der Waals surface area contributed by atoms with Gasteiger partial charge in [0.25, 0.3) is 5.69 Å². The van der Waals surface area contributed by atoms with Gasteiger partial charge in [0.05, 0.1) is 27.5 Å². The molecular weight excluding hydrogens is 622 g/mol. The van der Waals surface area contributed by atoms with E-state index in [9.17, 15) is 24.5 Å². The number of fused-ring (bicyclic) bond motifs is 9. The van der Waals surface area contributed by atoms with Crippen LogP contribution in [0.4, 0.5) is 11.4 Å². The number of H-pyrrole nitrogens is 1. The number of non-ortho nitro benzene ring substituents is 1. The number of aromatic amines is 1. The van der Waals surface area contributed by atoms with Crippen LogP contribution >= 0.6 is 34.7 Å². The molecule has 222 valence electrons. The lowest BCUT2D eigenvalue weighted by molar-refractivity contribution is -0.385. The van der Waals surface area contributed by atoms with Gasteiger partial charge in [-0.25, -0.2) is 0 Å². The minimum absolute atomic E-state index is 0.0628. The molecule has 4 aromatic rings. The van der Waals surface area contributed by atoms with Gasteiger partial charge < -0.3 is 9.72 Å². The molecule has 1 saturated heterocycles. The van der Waals surface area contributed by atoms with Gasteiger partial charge in [0.1, 0.15) is 12.4 Å². The largest absolute Gasteiger partial charge is 0.489 e. The first kappa shape index (κ1) is 27.6. The molecule has 1 aromatic heterocycles. The van der Waals surface area contributed by atoms with E-state index < -0.39 is 22.7 Å². The molecule has 3 aromatic carbocycles. The summed E-state index contributed by atoms with van der Waals surface area (Å²) in [4.78, 5) is 57.0. The maximum absolute atomic E-state index is 14.0. The Morgan fingerprint density at radius 3 is 2.43 bits per heavy atom. The summed E-state index contributed by atoms with van der Waals surface area (Å²) in [5.74, 6) is -1.66. The molecule has 7 atom stereocenters. The molecule has 8 rings (SSSR count). The molecule has 2 aliphatic heterocycles. The third kappa shape index (κ3) is 4.17. The highest BCUT2D eigenvalue weighted by Gasteiger charge is 2.70. The number of hydrogen-bond acceptors (Lipinski definition) is 8. The van der Waals surface area contributed by atoms with Gasteiger partial charge in [-0.05, 0) is 60.1 Å². The number of nitro benzene ring substituents is 1. The van der Waals surface area contributed by atoms with Crippen LogP contribution in [0, 0.1) is 39.7 Å². The second kappa shape index (κ2) is 10.3. The molecule has 5 unspecified atom stereocenters. The number of carbonyl (C=O) groups is 2. The molecule has 12 heteroatoms. The van der Waals surface area contributed by atoms with Crippen molar-refractivity contribution >= 4 is 57.9 Å². The summed E-state index contributed by atoms with van der Waals surface area (Å²) in [6.45, 7) is 0.261. The van der Waals surface area contributed by atoms with Crippen molar-refractivity contribution in [1.82, 2.24) is 4.98 Å². The standard InChI is InChI=1S/C32H24ClN3O6S2/c33-16-6-8-17(9-7-16)35-30(37)25-20-13-21(26(25)31(35)38)27-24(20)23(28-29(43-27)34-32(39)44-28)19-12-18(36(40)41)10-11-22(19)42-14-15-4-2-1-3-5-15/h1-12,20-21,23-27H,13-14H2,(H,34,39)/t20-,21-,23?,24?,25?,26?,27?/m1/s1. The number of thiazole rings is 1. The number of hydrogen-bond donors (Lipinski definition) is 1. The highest BCUT2D eigenvalue weighted by atomic mass is 35.5. The molecule has 3 fully saturated rings. The van der Waals surface area contributed by atoms with Crippen LogP contribution in [-0.2, 0) is 16.2 Å². The number of nitrogens with one attached hydrogen (secondary N) is 1. The number of halogens is 1. The Morgan fingerprint density at radius 1 is 0.977 bits per heavy atom. The number of ether oxygens (including phenoxy) is 1. The number of anilines is 1. The monoisotopic (exact) mass is 645 g/mol. The van der Waals surface area contributed by atoms with Gasteiger partial charge in [-0.2, -0.15) is 0 Å². The Hall–Kier alpha value is -3.93. The molecule has 1 N–H and O–H groups in total. The number of thioether (sulfide) groups is 1. The van der Waals surface area contributed by atoms with Gasteiger partial charge in [0, 0.05) is 38.8 Å².